The van der Waals surface area contributed by atoms with Gasteiger partial charge in [0.25, 0.3) is 0 Å². The van der Waals surface area contributed by atoms with Crippen LogP contribution in [0.1, 0.15) is 17.5 Å². The van der Waals surface area contributed by atoms with E-state index in [9.17, 15) is 4.39 Å². The van der Waals surface area contributed by atoms with Gasteiger partial charge in [-0.15, -0.1) is 11.3 Å². The third kappa shape index (κ3) is 5.11. The molecule has 0 radical (unpaired) electrons. The normalized spacial score (nSPS) is 10.8. The third-order valence-corrected chi connectivity index (χ3v) is 4.81. The van der Waals surface area contributed by atoms with Gasteiger partial charge in [-0.05, 0) is 67.4 Å². The van der Waals surface area contributed by atoms with Gasteiger partial charge in [-0.1, -0.05) is 12.1 Å². The zero-order chi connectivity index (χ0) is 17.5. The van der Waals surface area contributed by atoms with Gasteiger partial charge in [-0.3, -0.25) is 0 Å². The minimum Gasteiger partial charge on any atom is -0.494 e. The zero-order valence-corrected chi connectivity index (χ0v) is 15.0. The van der Waals surface area contributed by atoms with Crippen molar-refractivity contribution in [3.8, 4) is 16.2 Å². The summed E-state index contributed by atoms with van der Waals surface area (Å²) in [5.74, 6) is 0.701. The van der Waals surface area contributed by atoms with Crippen LogP contribution in [0, 0.1) is 5.82 Å². The molecule has 0 aliphatic carbocycles. The van der Waals surface area contributed by atoms with E-state index in [2.05, 4.69) is 22.4 Å². The molecule has 25 heavy (non-hydrogen) atoms. The Labute approximate surface area is 151 Å². The van der Waals surface area contributed by atoms with E-state index in [0.29, 0.717) is 6.61 Å². The Bertz CT molecular complexity index is 801. The zero-order valence-electron chi connectivity index (χ0n) is 14.2. The maximum Gasteiger partial charge on any atom is 0.123 e. The van der Waals surface area contributed by atoms with Gasteiger partial charge in [-0.2, -0.15) is 0 Å². The van der Waals surface area contributed by atoms with Gasteiger partial charge >= 0.3 is 0 Å². The van der Waals surface area contributed by atoms with Crippen molar-refractivity contribution in [1.82, 2.24) is 10.3 Å². The highest BCUT2D eigenvalue weighted by Crippen LogP contribution is 2.27. The molecule has 5 heteroatoms. The molecule has 0 fully saturated rings. The van der Waals surface area contributed by atoms with Crippen LogP contribution in [0.2, 0.25) is 0 Å². The predicted octanol–water partition coefficient (Wildman–Crippen LogP) is 4.68. The minimum atomic E-state index is -0.183. The molecule has 0 aliphatic rings. The highest BCUT2D eigenvalue weighted by atomic mass is 32.1. The van der Waals surface area contributed by atoms with E-state index in [1.165, 1.54) is 6.07 Å². The van der Waals surface area contributed by atoms with Crippen LogP contribution in [-0.2, 0) is 13.0 Å². The number of nitrogens with one attached hydrogen (secondary N) is 1. The molecule has 0 saturated carbocycles. The number of hydrogen-bond acceptors (Lipinski definition) is 4. The lowest BCUT2D eigenvalue weighted by molar-refractivity contribution is 0.340. The summed E-state index contributed by atoms with van der Waals surface area (Å²) in [5.41, 5.74) is 2.15. The average Bonchev–Trinajstić information content (AvgIpc) is 3.09. The van der Waals surface area contributed by atoms with Crippen LogP contribution in [0.25, 0.3) is 10.4 Å². The van der Waals surface area contributed by atoms with Gasteiger partial charge in [0.2, 0.25) is 0 Å². The molecule has 2 aromatic carbocycles. The number of aromatic nitrogens is 1. The molecule has 0 atom stereocenters. The van der Waals surface area contributed by atoms with Crippen molar-refractivity contribution < 1.29 is 9.13 Å². The fourth-order valence-corrected chi connectivity index (χ4v) is 3.42. The van der Waals surface area contributed by atoms with E-state index in [0.717, 1.165) is 46.3 Å². The predicted molar refractivity (Wildman–Crippen MR) is 101 cm³/mol. The van der Waals surface area contributed by atoms with E-state index in [4.69, 9.17) is 4.74 Å². The molecule has 3 aromatic rings. The summed E-state index contributed by atoms with van der Waals surface area (Å²) in [6.45, 7) is 4.16. The van der Waals surface area contributed by atoms with E-state index in [-0.39, 0.29) is 5.82 Å². The average molecular weight is 356 g/mol. The van der Waals surface area contributed by atoms with Gasteiger partial charge in [-0.25, -0.2) is 9.37 Å². The number of nitrogens with zero attached hydrogens (tertiary/aromatic N) is 1. The molecule has 0 bridgehead atoms. The van der Waals surface area contributed by atoms with Crippen molar-refractivity contribution >= 4 is 11.3 Å². The molecule has 130 valence electrons. The molecule has 0 saturated heterocycles. The smallest absolute Gasteiger partial charge is 0.123 e. The molecular formula is C20H21FN2OS. The lowest BCUT2D eigenvalue weighted by atomic mass is 10.1. The van der Waals surface area contributed by atoms with Gasteiger partial charge in [0.05, 0.1) is 11.5 Å². The molecule has 0 unspecified atom stereocenters. The largest absolute Gasteiger partial charge is 0.494 e. The fourth-order valence-electron chi connectivity index (χ4n) is 2.53. The highest BCUT2D eigenvalue weighted by molar-refractivity contribution is 7.15. The van der Waals surface area contributed by atoms with Crippen LogP contribution in [0.15, 0.2) is 54.7 Å². The second kappa shape index (κ2) is 8.74. The molecule has 1 heterocycles. The molecule has 3 nitrogen and oxygen atoms in total. The molecule has 0 aliphatic heterocycles. The number of hydrogen-bond donors (Lipinski definition) is 1. The Kier molecular flexibility index (Phi) is 6.14. The second-order valence-corrected chi connectivity index (χ2v) is 6.75. The summed E-state index contributed by atoms with van der Waals surface area (Å²) >= 11 is 1.68. The second-order valence-electron chi connectivity index (χ2n) is 5.63. The van der Waals surface area contributed by atoms with Gasteiger partial charge in [0.1, 0.15) is 16.6 Å². The molecular weight excluding hydrogens is 335 g/mol. The first-order valence-electron chi connectivity index (χ1n) is 8.37. The standard InChI is InChI=1S/C20H21FN2OS/c1-2-24-18-8-6-16(7-9-18)19-13-23-20(25-19)14-22-11-10-15-4-3-5-17(21)12-15/h3-9,12-13,22H,2,10-11,14H2,1H3. The molecule has 1 N–H and O–H groups in total. The Hall–Kier alpha value is -2.24. The van der Waals surface area contributed by atoms with E-state index in [1.807, 2.05) is 31.3 Å². The maximum atomic E-state index is 13.1. The molecule has 1 aromatic heterocycles. The summed E-state index contributed by atoms with van der Waals surface area (Å²) in [5, 5.41) is 4.41. The van der Waals surface area contributed by atoms with Gasteiger partial charge in [0.15, 0.2) is 0 Å². The topological polar surface area (TPSA) is 34.1 Å². The minimum absolute atomic E-state index is 0.183. The molecule has 3 rings (SSSR count). The van der Waals surface area contributed by atoms with Crippen molar-refractivity contribution in [2.75, 3.05) is 13.2 Å². The Morgan fingerprint density at radius 2 is 2.00 bits per heavy atom. The first-order valence-corrected chi connectivity index (χ1v) is 9.19. The fraction of sp³-hybridized carbons (Fsp3) is 0.250. The van der Waals surface area contributed by atoms with E-state index >= 15 is 0 Å². The summed E-state index contributed by atoms with van der Waals surface area (Å²) < 4.78 is 18.6. The van der Waals surface area contributed by atoms with Crippen LogP contribution in [0.3, 0.4) is 0 Å². The van der Waals surface area contributed by atoms with Crippen molar-refractivity contribution in [1.29, 1.82) is 0 Å². The van der Waals surface area contributed by atoms with Crippen LogP contribution in [0.5, 0.6) is 5.75 Å². The van der Waals surface area contributed by atoms with Crippen molar-refractivity contribution in [3.05, 3.63) is 71.1 Å². The lowest BCUT2D eigenvalue weighted by Crippen LogP contribution is -2.16. The number of thiazole rings is 1. The Morgan fingerprint density at radius 3 is 2.76 bits per heavy atom. The number of rotatable bonds is 8. The Balaban J connectivity index is 1.49. The van der Waals surface area contributed by atoms with Crippen molar-refractivity contribution in [2.45, 2.75) is 19.9 Å². The Morgan fingerprint density at radius 1 is 1.16 bits per heavy atom. The molecule has 0 amide bonds. The summed E-state index contributed by atoms with van der Waals surface area (Å²) in [7, 11) is 0. The van der Waals surface area contributed by atoms with Crippen LogP contribution >= 0.6 is 11.3 Å². The first-order chi connectivity index (χ1) is 12.2. The van der Waals surface area contributed by atoms with E-state index < -0.39 is 0 Å². The van der Waals surface area contributed by atoms with Crippen LogP contribution in [0.4, 0.5) is 4.39 Å². The van der Waals surface area contributed by atoms with Gasteiger partial charge in [0, 0.05) is 12.7 Å². The van der Waals surface area contributed by atoms with Crippen LogP contribution < -0.4 is 10.1 Å². The first kappa shape index (κ1) is 17.6. The number of halogens is 1. The number of ether oxygens (including phenoxy) is 1. The van der Waals surface area contributed by atoms with Crippen molar-refractivity contribution in [2.24, 2.45) is 0 Å². The van der Waals surface area contributed by atoms with Crippen LogP contribution in [-0.4, -0.2) is 18.1 Å². The monoisotopic (exact) mass is 356 g/mol. The highest BCUT2D eigenvalue weighted by Gasteiger charge is 2.05. The lowest BCUT2D eigenvalue weighted by Gasteiger charge is -2.04. The molecule has 0 spiro atoms. The SMILES string of the molecule is CCOc1ccc(-c2cnc(CNCCc3cccc(F)c3)s2)cc1. The quantitative estimate of drug-likeness (QED) is 0.595. The number of benzene rings is 2. The van der Waals surface area contributed by atoms with Crippen molar-refractivity contribution in [3.63, 3.8) is 0 Å². The van der Waals surface area contributed by atoms with E-state index in [1.54, 1.807) is 23.5 Å². The summed E-state index contributed by atoms with van der Waals surface area (Å²) in [6.07, 6.45) is 2.71. The third-order valence-electron chi connectivity index (χ3n) is 3.76. The summed E-state index contributed by atoms with van der Waals surface area (Å²) in [6, 6.07) is 14.8. The maximum absolute atomic E-state index is 13.1. The van der Waals surface area contributed by atoms with Gasteiger partial charge < -0.3 is 10.1 Å². The summed E-state index contributed by atoms with van der Waals surface area (Å²) in [4.78, 5) is 5.62.